The molecule has 1 aliphatic heterocycles. The second-order valence-electron chi connectivity index (χ2n) is 6.58. The van der Waals surface area contributed by atoms with Crippen molar-refractivity contribution in [3.8, 4) is 11.5 Å². The maximum Gasteiger partial charge on any atom is 0.231 e. The molecule has 28 heavy (non-hydrogen) atoms. The van der Waals surface area contributed by atoms with Gasteiger partial charge in [0.05, 0.1) is 6.04 Å². The summed E-state index contributed by atoms with van der Waals surface area (Å²) in [4.78, 5) is 12.6. The van der Waals surface area contributed by atoms with Crippen LogP contribution in [0.25, 0.3) is 5.65 Å². The van der Waals surface area contributed by atoms with Gasteiger partial charge in [-0.2, -0.15) is 11.8 Å². The molecular weight excluding hydrogens is 376 g/mol. The molecule has 0 saturated carbocycles. The number of aryl methyl sites for hydroxylation is 1. The van der Waals surface area contributed by atoms with Crippen molar-refractivity contribution in [2.75, 3.05) is 18.8 Å². The number of hydrogen-bond donors (Lipinski definition) is 1. The second kappa shape index (κ2) is 8.52. The van der Waals surface area contributed by atoms with Crippen LogP contribution in [0.15, 0.2) is 42.6 Å². The molecule has 146 valence electrons. The average Bonchev–Trinajstić information content (AvgIpc) is 3.36. The molecule has 1 atom stereocenters. The summed E-state index contributed by atoms with van der Waals surface area (Å²) in [5.41, 5.74) is 1.83. The first-order valence-corrected chi connectivity index (χ1v) is 10.6. The quantitative estimate of drug-likeness (QED) is 0.629. The fraction of sp³-hybridized carbons (Fsp3) is 0.350. The SMILES string of the molecule is CSCCC(NC(=O)CCc1ccc2c(c1)OCO2)c1nnc2ccccn12. The molecule has 3 aromatic rings. The Morgan fingerprint density at radius 1 is 1.25 bits per heavy atom. The molecule has 1 amide bonds. The Labute approximate surface area is 167 Å². The van der Waals surface area contributed by atoms with Gasteiger partial charge in [0.15, 0.2) is 23.0 Å². The summed E-state index contributed by atoms with van der Waals surface area (Å²) >= 11 is 1.75. The third-order valence-electron chi connectivity index (χ3n) is 4.68. The zero-order valence-corrected chi connectivity index (χ0v) is 16.4. The predicted molar refractivity (Wildman–Crippen MR) is 108 cm³/mol. The van der Waals surface area contributed by atoms with Gasteiger partial charge in [-0.05, 0) is 54.7 Å². The molecule has 0 spiro atoms. The number of amides is 1. The number of nitrogens with zero attached hydrogens (tertiary/aromatic N) is 3. The van der Waals surface area contributed by atoms with E-state index < -0.39 is 0 Å². The smallest absolute Gasteiger partial charge is 0.231 e. The van der Waals surface area contributed by atoms with E-state index in [1.165, 1.54) is 0 Å². The van der Waals surface area contributed by atoms with Crippen molar-refractivity contribution >= 4 is 23.3 Å². The second-order valence-corrected chi connectivity index (χ2v) is 7.56. The number of aromatic nitrogens is 3. The maximum atomic E-state index is 12.6. The third-order valence-corrected chi connectivity index (χ3v) is 5.32. The summed E-state index contributed by atoms with van der Waals surface area (Å²) in [7, 11) is 0. The monoisotopic (exact) mass is 398 g/mol. The first-order valence-electron chi connectivity index (χ1n) is 9.21. The molecular formula is C20H22N4O3S. The highest BCUT2D eigenvalue weighted by Gasteiger charge is 2.20. The minimum atomic E-state index is -0.172. The molecule has 4 rings (SSSR count). The van der Waals surface area contributed by atoms with Gasteiger partial charge in [-0.3, -0.25) is 9.20 Å². The van der Waals surface area contributed by atoms with Gasteiger partial charge >= 0.3 is 0 Å². The van der Waals surface area contributed by atoms with Crippen LogP contribution in [-0.4, -0.2) is 39.3 Å². The highest BCUT2D eigenvalue weighted by Crippen LogP contribution is 2.32. The van der Waals surface area contributed by atoms with Crippen molar-refractivity contribution in [1.29, 1.82) is 0 Å². The minimum absolute atomic E-state index is 0.00329. The number of pyridine rings is 1. The summed E-state index contributed by atoms with van der Waals surface area (Å²) in [6.45, 7) is 0.253. The van der Waals surface area contributed by atoms with Gasteiger partial charge in [0.2, 0.25) is 12.7 Å². The van der Waals surface area contributed by atoms with E-state index in [0.29, 0.717) is 12.8 Å². The van der Waals surface area contributed by atoms with Crippen LogP contribution in [0.2, 0.25) is 0 Å². The number of fused-ring (bicyclic) bond motifs is 2. The zero-order valence-electron chi connectivity index (χ0n) is 15.6. The van der Waals surface area contributed by atoms with Gasteiger partial charge in [0, 0.05) is 12.6 Å². The summed E-state index contributed by atoms with van der Waals surface area (Å²) in [5.74, 6) is 3.18. The molecule has 7 nitrogen and oxygen atoms in total. The number of carbonyl (C=O) groups is 1. The van der Waals surface area contributed by atoms with Crippen LogP contribution in [0, 0.1) is 0 Å². The van der Waals surface area contributed by atoms with Crippen LogP contribution in [-0.2, 0) is 11.2 Å². The normalized spacial score (nSPS) is 13.6. The molecule has 0 aliphatic carbocycles. The van der Waals surface area contributed by atoms with E-state index in [-0.39, 0.29) is 18.7 Å². The maximum absolute atomic E-state index is 12.6. The van der Waals surface area contributed by atoms with E-state index in [4.69, 9.17) is 9.47 Å². The number of carbonyl (C=O) groups excluding carboxylic acids is 1. The van der Waals surface area contributed by atoms with Gasteiger partial charge in [-0.15, -0.1) is 10.2 Å². The van der Waals surface area contributed by atoms with Gasteiger partial charge in [-0.1, -0.05) is 12.1 Å². The molecule has 0 radical (unpaired) electrons. The van der Waals surface area contributed by atoms with E-state index in [0.717, 1.165) is 40.7 Å². The third kappa shape index (κ3) is 4.06. The molecule has 1 aliphatic rings. The summed E-state index contributed by atoms with van der Waals surface area (Å²) < 4.78 is 12.7. The van der Waals surface area contributed by atoms with Gasteiger partial charge < -0.3 is 14.8 Å². The lowest BCUT2D eigenvalue weighted by Gasteiger charge is -2.17. The Balaban J connectivity index is 1.42. The first kappa shape index (κ1) is 18.6. The largest absolute Gasteiger partial charge is 0.454 e. The average molecular weight is 398 g/mol. The number of thioether (sulfide) groups is 1. The molecule has 3 heterocycles. The number of rotatable bonds is 8. The molecule has 0 saturated heterocycles. The minimum Gasteiger partial charge on any atom is -0.454 e. The summed E-state index contributed by atoms with van der Waals surface area (Å²) in [6.07, 6.45) is 5.81. The van der Waals surface area contributed by atoms with Crippen LogP contribution in [0.4, 0.5) is 0 Å². The Hall–Kier alpha value is -2.74. The van der Waals surface area contributed by atoms with Crippen molar-refractivity contribution in [3.63, 3.8) is 0 Å². The highest BCUT2D eigenvalue weighted by molar-refractivity contribution is 7.98. The van der Waals surface area contributed by atoms with Gasteiger partial charge in [0.1, 0.15) is 0 Å². The number of benzene rings is 1. The number of ether oxygens (including phenoxy) is 2. The van der Waals surface area contributed by atoms with Crippen molar-refractivity contribution in [3.05, 3.63) is 54.0 Å². The van der Waals surface area contributed by atoms with Crippen molar-refractivity contribution < 1.29 is 14.3 Å². The molecule has 2 aromatic heterocycles. The van der Waals surface area contributed by atoms with E-state index >= 15 is 0 Å². The van der Waals surface area contributed by atoms with E-state index in [2.05, 4.69) is 21.8 Å². The number of nitrogens with one attached hydrogen (secondary N) is 1. The van der Waals surface area contributed by atoms with Gasteiger partial charge in [-0.25, -0.2) is 0 Å². The standard InChI is InChI=1S/C20H22N4O3S/c1-28-11-9-15(20-23-22-18-4-2-3-10-24(18)20)21-19(25)8-6-14-5-7-16-17(12-14)27-13-26-16/h2-5,7,10,12,15H,6,8-9,11,13H2,1H3,(H,21,25). The van der Waals surface area contributed by atoms with Crippen LogP contribution >= 0.6 is 11.8 Å². The van der Waals surface area contributed by atoms with Crippen LogP contribution in [0.1, 0.15) is 30.3 Å². The lowest BCUT2D eigenvalue weighted by Crippen LogP contribution is -2.30. The van der Waals surface area contributed by atoms with Crippen LogP contribution < -0.4 is 14.8 Å². The molecule has 0 bridgehead atoms. The van der Waals surface area contributed by atoms with E-state index in [9.17, 15) is 4.79 Å². The van der Waals surface area contributed by atoms with E-state index in [1.54, 1.807) is 11.8 Å². The van der Waals surface area contributed by atoms with Crippen molar-refractivity contribution in [2.45, 2.75) is 25.3 Å². The molecule has 0 fully saturated rings. The fourth-order valence-corrected chi connectivity index (χ4v) is 3.69. The lowest BCUT2D eigenvalue weighted by molar-refractivity contribution is -0.121. The molecule has 1 N–H and O–H groups in total. The first-order chi connectivity index (χ1) is 13.7. The molecule has 8 heteroatoms. The Morgan fingerprint density at radius 3 is 3.04 bits per heavy atom. The van der Waals surface area contributed by atoms with Crippen LogP contribution in [0.5, 0.6) is 11.5 Å². The fourth-order valence-electron chi connectivity index (χ4n) is 3.22. The van der Waals surface area contributed by atoms with Crippen molar-refractivity contribution in [1.82, 2.24) is 19.9 Å². The summed E-state index contributed by atoms with van der Waals surface area (Å²) in [5, 5.41) is 11.7. The summed E-state index contributed by atoms with van der Waals surface area (Å²) in [6, 6.07) is 11.4. The predicted octanol–water partition coefficient (Wildman–Crippen LogP) is 3.00. The van der Waals surface area contributed by atoms with Crippen LogP contribution in [0.3, 0.4) is 0 Å². The highest BCUT2D eigenvalue weighted by atomic mass is 32.2. The number of hydrogen-bond acceptors (Lipinski definition) is 6. The topological polar surface area (TPSA) is 77.8 Å². The van der Waals surface area contributed by atoms with E-state index in [1.807, 2.05) is 47.0 Å². The zero-order chi connectivity index (χ0) is 19.3. The Kier molecular flexibility index (Phi) is 5.66. The Bertz CT molecular complexity index is 975. The van der Waals surface area contributed by atoms with Gasteiger partial charge in [0.25, 0.3) is 0 Å². The Morgan fingerprint density at radius 2 is 2.14 bits per heavy atom. The molecule has 1 unspecified atom stereocenters. The van der Waals surface area contributed by atoms with Crippen molar-refractivity contribution in [2.24, 2.45) is 0 Å². The molecule has 1 aromatic carbocycles. The lowest BCUT2D eigenvalue weighted by atomic mass is 10.1.